The van der Waals surface area contributed by atoms with Crippen LogP contribution in [0.15, 0.2) is 158 Å². The fraction of sp³-hybridized carbons (Fsp3) is 0.207. The molecule has 8 aromatic carbocycles. The van der Waals surface area contributed by atoms with Gasteiger partial charge in [-0.3, -0.25) is 130 Å². The van der Waals surface area contributed by atoms with E-state index in [1.54, 1.807) is 72.8 Å². The van der Waals surface area contributed by atoms with Crippen molar-refractivity contribution in [3.63, 3.8) is 0 Å². The predicted molar refractivity (Wildman–Crippen MR) is 590 cm³/mol. The smallest absolute Gasteiger partial charge is 0.318 e. The zero-order valence-electron chi connectivity index (χ0n) is 79.0. The Morgan fingerprint density at radius 3 is 1.05 bits per heavy atom. The molecule has 8 aromatic rings. The molecule has 0 aliphatic carbocycles. The first-order valence-corrected chi connectivity index (χ1v) is 45.4. The average Bonchev–Trinajstić information content (AvgIpc) is 1.65. The number of carbonyl (C=O) groups is 9. The van der Waals surface area contributed by atoms with Crippen molar-refractivity contribution in [1.29, 1.82) is 10.5 Å². The van der Waals surface area contributed by atoms with E-state index in [2.05, 4.69) is 164 Å². The third kappa shape index (κ3) is 56.6. The van der Waals surface area contributed by atoms with Gasteiger partial charge in [-0.05, 0) is 296 Å². The number of nitrogens with zero attached hydrogens (tertiary/aromatic N) is 8. The summed E-state index contributed by atoms with van der Waals surface area (Å²) in [6, 6.07) is 51.6. The van der Waals surface area contributed by atoms with Gasteiger partial charge in [0.15, 0.2) is 58.2 Å². The van der Waals surface area contributed by atoms with Crippen LogP contribution in [0.3, 0.4) is 0 Å². The molecule has 0 unspecified atom stereocenters. The van der Waals surface area contributed by atoms with Crippen molar-refractivity contribution in [2.75, 3.05) is 88.6 Å². The number of fused-ring (bicyclic) bond motifs is 1. The summed E-state index contributed by atoms with van der Waals surface area (Å²) < 4.78 is 10.4. The highest BCUT2D eigenvalue weighted by Gasteiger charge is 2.17. The molecule has 0 saturated heterocycles. The van der Waals surface area contributed by atoms with E-state index in [1.165, 1.54) is 6.92 Å². The first-order chi connectivity index (χ1) is 68.9. The van der Waals surface area contributed by atoms with Crippen molar-refractivity contribution in [2.45, 2.75) is 82.1 Å². The first kappa shape index (κ1) is 124. The molecule has 0 radical (unpaired) electrons. The molecule has 0 atom stereocenters. The second-order valence-corrected chi connectivity index (χ2v) is 32.6. The number of hydrogen-bond donors (Lipinski definition) is 24. The highest BCUT2D eigenvalue weighted by molar-refractivity contribution is 7.82. The summed E-state index contributed by atoms with van der Waals surface area (Å²) in [6.45, 7) is 57.1. The van der Waals surface area contributed by atoms with Gasteiger partial charge in [0.1, 0.15) is 12.8 Å². The molecule has 1 aliphatic rings. The summed E-state index contributed by atoms with van der Waals surface area (Å²) in [4.78, 5) is 117. The van der Waals surface area contributed by atoms with Crippen LogP contribution in [0, 0.1) is 124 Å². The Kier molecular flexibility index (Phi) is 60.2. The number of amides is 8. The molecule has 0 fully saturated rings. The lowest BCUT2D eigenvalue weighted by molar-refractivity contribution is -0.121. The number of thiocarbonyl (C=S) groups is 8. The van der Waals surface area contributed by atoms with Crippen LogP contribution in [0.1, 0.15) is 80.2 Å². The monoisotopic (exact) mass is 2150 g/mol. The Bertz CT molecular complexity index is 6190. The van der Waals surface area contributed by atoms with Crippen molar-refractivity contribution in [1.82, 2.24) is 86.8 Å². The highest BCUT2D eigenvalue weighted by Crippen LogP contribution is 2.34. The van der Waals surface area contributed by atoms with Gasteiger partial charge >= 0.3 is 35.4 Å². The maximum absolute atomic E-state index is 11.2. The van der Waals surface area contributed by atoms with Crippen LogP contribution in [0.5, 0.6) is 11.5 Å². The minimum absolute atomic E-state index is 0.0483. The van der Waals surface area contributed by atoms with E-state index in [9.17, 15) is 43.2 Å². The van der Waals surface area contributed by atoms with Crippen LogP contribution < -0.4 is 139 Å². The zero-order valence-corrected chi connectivity index (χ0v) is 87.0. The Labute approximate surface area is 889 Å². The molecule has 754 valence electrons. The minimum Gasteiger partial charge on any atom is -0.454 e. The molecular weight excluding hydrogens is 2060 g/mol. The second-order valence-electron chi connectivity index (χ2n) is 28.5. The molecule has 1 aliphatic heterocycles. The number of carbonyl (C=O) groups excluding carboxylic acids is 9. The van der Waals surface area contributed by atoms with E-state index in [-0.39, 0.29) is 106 Å². The molecule has 9 rings (SSSR count). The van der Waals surface area contributed by atoms with Crippen LogP contribution in [-0.2, 0) is 38.4 Å². The van der Waals surface area contributed by atoms with Crippen LogP contribution in [0.4, 0.5) is 45.5 Å². The quantitative estimate of drug-likeness (QED) is 0.0174. The predicted octanol–water partition coefficient (Wildman–Crippen LogP) is 11.4. The third-order valence-corrected chi connectivity index (χ3v) is 18.9. The summed E-state index contributed by atoms with van der Waals surface area (Å²) in [7, 11) is 0. The molecule has 0 aromatic heterocycles. The molecule has 24 N–H and O–H groups in total. The summed E-state index contributed by atoms with van der Waals surface area (Å²) >= 11 is 51.7. The number of nitrogens with one attached hydrogen (secondary N) is 24. The van der Waals surface area contributed by atoms with Gasteiger partial charge in [0.2, 0.25) is 6.79 Å². The molecule has 145 heavy (non-hydrogen) atoms. The number of Topliss-reactive ketones (excluding diaryl/α,β-unsaturated/α-hetero) is 1. The van der Waals surface area contributed by atoms with Gasteiger partial charge in [-0.1, -0.05) is 95.5 Å². The Morgan fingerprint density at radius 1 is 0.310 bits per heavy atom. The number of nitriles is 2. The van der Waals surface area contributed by atoms with E-state index in [1.807, 2.05) is 153 Å². The van der Waals surface area contributed by atoms with E-state index < -0.39 is 47.3 Å². The van der Waals surface area contributed by atoms with Crippen LogP contribution >= 0.6 is 121 Å². The fourth-order valence-corrected chi connectivity index (χ4v) is 11.5. The molecule has 0 saturated carbocycles. The minimum atomic E-state index is -0.475. The zero-order chi connectivity index (χ0) is 108. The molecule has 1 heterocycles. The van der Waals surface area contributed by atoms with Crippen molar-refractivity contribution >= 4 is 260 Å². The largest absolute Gasteiger partial charge is 0.454 e. The summed E-state index contributed by atoms with van der Waals surface area (Å²) in [5, 5.41) is 42.9. The van der Waals surface area contributed by atoms with Gasteiger partial charge in [0, 0.05) is 67.2 Å². The van der Waals surface area contributed by atoms with Crippen LogP contribution in [0.2, 0.25) is 10.0 Å². The normalized spacial score (nSPS) is 9.41. The van der Waals surface area contributed by atoms with Crippen molar-refractivity contribution in [3.05, 3.63) is 292 Å². The van der Waals surface area contributed by atoms with Gasteiger partial charge in [0.25, 0.3) is 51.1 Å². The van der Waals surface area contributed by atoms with Gasteiger partial charge in [0.05, 0.1) is 12.1 Å². The van der Waals surface area contributed by atoms with Crippen molar-refractivity contribution in [2.24, 2.45) is 0 Å². The number of hydrazine groups is 8. The summed E-state index contributed by atoms with van der Waals surface area (Å²) in [5.41, 5.74) is 55.0. The van der Waals surface area contributed by atoms with Gasteiger partial charge in [-0.2, -0.15) is 10.5 Å². The average molecular weight is 2160 g/mol. The lowest BCUT2D eigenvalue weighted by Crippen LogP contribution is -2.44. The maximum Gasteiger partial charge on any atom is 0.318 e. The number of rotatable bonds is 17. The lowest BCUT2D eigenvalue weighted by Gasteiger charge is -2.13. The first-order valence-electron chi connectivity index (χ1n) is 41.4. The second kappa shape index (κ2) is 70.4. The molecule has 8 amide bonds. The van der Waals surface area contributed by atoms with Crippen LogP contribution in [-0.4, -0.2) is 140 Å². The summed E-state index contributed by atoms with van der Waals surface area (Å²) in [5.74, 6) is -2.27. The number of hydrogen-bond acceptors (Lipinski definition) is 21. The van der Waals surface area contributed by atoms with Crippen molar-refractivity contribution < 1.29 is 52.6 Å². The molecule has 0 bridgehead atoms. The van der Waals surface area contributed by atoms with E-state index >= 15 is 0 Å². The molecule has 0 spiro atoms. The number of ether oxygens (including phenoxy) is 2. The van der Waals surface area contributed by atoms with Gasteiger partial charge < -0.3 is 81.1 Å². The van der Waals surface area contributed by atoms with E-state index in [0.29, 0.717) is 44.2 Å². The fourth-order valence-electron chi connectivity index (χ4n) is 9.81. The number of ketones is 1. The number of halogens is 2. The topological polar surface area (TPSA) is 535 Å². The van der Waals surface area contributed by atoms with Crippen LogP contribution in [0.25, 0.3) is 29.1 Å². The number of anilines is 8. The number of aryl methyl sites for hydroxylation is 8. The van der Waals surface area contributed by atoms with Gasteiger partial charge in [-0.15, -0.1) is 0 Å². The third-order valence-electron chi connectivity index (χ3n) is 16.7. The summed E-state index contributed by atoms with van der Waals surface area (Å²) in [6.07, 6.45) is -0.417. The van der Waals surface area contributed by atoms with E-state index in [4.69, 9.17) is 180 Å². The highest BCUT2D eigenvalue weighted by atomic mass is 35.5. The Hall–Kier alpha value is -17.2. The lowest BCUT2D eigenvalue weighted by atomic mass is 10.1. The van der Waals surface area contributed by atoms with E-state index in [0.717, 1.165) is 78.5 Å². The Morgan fingerprint density at radius 2 is 0.641 bits per heavy atom. The number of benzene rings is 8. The maximum atomic E-state index is 11.2. The molecule has 43 nitrogen and oxygen atoms in total. The van der Waals surface area contributed by atoms with Crippen molar-refractivity contribution in [3.8, 4) is 23.6 Å². The standard InChI is InChI=1S/C12H12N4O2S.3C12H14N4OS.2C11H11ClN4OS.C11H10N4O3S.C11H12N4OS/c1-8(17)9-4-3-5-10(6-9)14-12(19)16-15-11(18)7-13-2;1-8-4-9(2)6-10(5-8)14-12(18)16-15-11(17)7-13-3;1-8-4-5-9(2)10(6-8)14-12(18)16-15-11(17)7-13-3;1-8-4-3-5-10(9(8)2)14-12(18)16-15-11(17)6-7-13;1-7-3-4-8(5-9(7)12)14-11(18)16-15-10(17)6-13-2;1-7-3-4-8(12)5-9(7)14-11(18)16-15-10(17)6-13-2;1-12-5-10(16)14-15-11(19)13-7-2-3-8-9(4-7)18-6-17-8;1-8-2-4-9(5-3-8)13-11(17)15-14-10(16)6-7-12/h3-6H,7H2,1H3,(H,15,18)(H2,14,16,19);2*4-6H,7H2,1-2H3,(H,15,17)(H2,14,16,18);3-5H,6H2,1-2H3,(H,15,17)(H2,14,16,18);2*3-5H,6H2,1H3,(H,15,17)(H2,14,16,18);2-4H,5-6H2,(H,14,16)(H2,13,15,19);2-5H,6H2,1H3,(H,14,16)(H2,13,15,17). The molecular formula is C92H98Cl2N32O11S8. The SMILES string of the molecule is Cc1ccc(NC(=S)NNC(=O)CC#N)cc1.Cc1cccc(NC(=S)NNC(=O)CC#N)c1C.[C-]#[N+]CC(=O)NNC(=S)Nc1cc(C)cc(C)c1.[C-]#[N+]CC(=O)NNC(=S)Nc1cc(C)ccc1C.[C-]#[N+]CC(=O)NNC(=S)Nc1cc(Cl)ccc1C.[C-]#[N+]CC(=O)NNC(=S)Nc1ccc(C)c(Cl)c1.[C-]#[N+]CC(=O)NNC(=S)Nc1ccc2c(c1)OCO2.[C-]#[N+]CC(=O)NNC(=S)Nc1cccc(C(C)=O)c1. The Balaban J connectivity index is 0.000000560. The molecule has 53 heteroatoms. The van der Waals surface area contributed by atoms with Gasteiger partial charge in [-0.25, -0.2) is 39.4 Å².